The summed E-state index contributed by atoms with van der Waals surface area (Å²) in [6, 6.07) is 0.454. The van der Waals surface area contributed by atoms with E-state index in [4.69, 9.17) is 0 Å². The first-order chi connectivity index (χ1) is 9.99. The average molecular weight is 316 g/mol. The second-order valence-electron chi connectivity index (χ2n) is 5.54. The number of hydrogen-bond donors (Lipinski definition) is 2. The summed E-state index contributed by atoms with van der Waals surface area (Å²) < 4.78 is 28.2. The first-order valence-electron chi connectivity index (χ1n) is 7.66. The highest BCUT2D eigenvalue weighted by Gasteiger charge is 2.08. The monoisotopic (exact) mass is 316 g/mol. The van der Waals surface area contributed by atoms with E-state index in [1.165, 1.54) is 0 Å². The van der Waals surface area contributed by atoms with Crippen LogP contribution in [0.15, 0.2) is 18.7 Å². The summed E-state index contributed by atoms with van der Waals surface area (Å²) in [6.07, 6.45) is 8.80. The van der Waals surface area contributed by atoms with Crippen LogP contribution in [0.3, 0.4) is 0 Å². The molecule has 0 bridgehead atoms. The molecule has 0 radical (unpaired) electrons. The lowest BCUT2D eigenvalue weighted by Crippen LogP contribution is -2.28. The van der Waals surface area contributed by atoms with E-state index < -0.39 is 10.0 Å². The number of nitrogens with one attached hydrogen (secondary N) is 2. The molecule has 0 aromatic carbocycles. The molecular formula is C14H28N4O2S. The second kappa shape index (κ2) is 9.92. The number of imidazole rings is 1. The van der Waals surface area contributed by atoms with E-state index in [2.05, 4.69) is 28.9 Å². The van der Waals surface area contributed by atoms with Gasteiger partial charge in [-0.15, -0.1) is 0 Å². The van der Waals surface area contributed by atoms with Crippen molar-refractivity contribution in [1.29, 1.82) is 0 Å². The minimum absolute atomic E-state index is 0.217. The van der Waals surface area contributed by atoms with Crippen molar-refractivity contribution in [2.24, 2.45) is 0 Å². The van der Waals surface area contributed by atoms with Gasteiger partial charge < -0.3 is 9.88 Å². The molecule has 21 heavy (non-hydrogen) atoms. The Bertz CT molecular complexity index is 457. The molecule has 0 aliphatic heterocycles. The highest BCUT2D eigenvalue weighted by molar-refractivity contribution is 7.89. The van der Waals surface area contributed by atoms with Gasteiger partial charge in [-0.05, 0) is 32.2 Å². The molecule has 0 aliphatic rings. The fraction of sp³-hybridized carbons (Fsp3) is 0.786. The third-order valence-corrected chi connectivity index (χ3v) is 4.59. The van der Waals surface area contributed by atoms with Crippen LogP contribution in [0.5, 0.6) is 0 Å². The molecular weight excluding hydrogens is 288 g/mol. The summed E-state index contributed by atoms with van der Waals surface area (Å²) in [5.41, 5.74) is 0. The maximum atomic E-state index is 11.8. The lowest BCUT2D eigenvalue weighted by atomic mass is 10.3. The summed E-state index contributed by atoms with van der Waals surface area (Å²) >= 11 is 0. The van der Waals surface area contributed by atoms with Crippen molar-refractivity contribution in [2.45, 2.75) is 52.1 Å². The molecule has 6 nitrogen and oxygen atoms in total. The Morgan fingerprint density at radius 3 is 2.57 bits per heavy atom. The van der Waals surface area contributed by atoms with E-state index in [-0.39, 0.29) is 5.75 Å². The molecule has 7 heteroatoms. The fourth-order valence-corrected chi connectivity index (χ4v) is 3.13. The molecule has 0 atom stereocenters. The lowest BCUT2D eigenvalue weighted by molar-refractivity contribution is 0.550. The van der Waals surface area contributed by atoms with Crippen LogP contribution < -0.4 is 10.0 Å². The maximum absolute atomic E-state index is 11.8. The van der Waals surface area contributed by atoms with E-state index in [0.717, 1.165) is 32.4 Å². The normalized spacial score (nSPS) is 12.1. The van der Waals surface area contributed by atoms with Crippen molar-refractivity contribution in [1.82, 2.24) is 19.6 Å². The van der Waals surface area contributed by atoms with Gasteiger partial charge in [-0.1, -0.05) is 13.8 Å². The van der Waals surface area contributed by atoms with Gasteiger partial charge in [0.1, 0.15) is 0 Å². The summed E-state index contributed by atoms with van der Waals surface area (Å²) in [4.78, 5) is 3.97. The Kier molecular flexibility index (Phi) is 8.56. The molecule has 0 unspecified atom stereocenters. The highest BCUT2D eigenvalue weighted by atomic mass is 32.2. The van der Waals surface area contributed by atoms with E-state index in [1.807, 2.05) is 10.8 Å². The van der Waals surface area contributed by atoms with Gasteiger partial charge in [0.15, 0.2) is 0 Å². The Labute approximate surface area is 128 Å². The molecule has 0 saturated heterocycles. The van der Waals surface area contributed by atoms with Gasteiger partial charge in [0.25, 0.3) is 0 Å². The standard InChI is InChI=1S/C14H28N4O2S/c1-14(2)16-7-4-6-12-21(19,20)17-8-3-5-10-18-11-9-15-13-18/h9,11,13-14,16-17H,3-8,10,12H2,1-2H3. The number of aromatic nitrogens is 2. The molecule has 0 saturated carbocycles. The van der Waals surface area contributed by atoms with Crippen LogP contribution >= 0.6 is 0 Å². The molecule has 0 spiro atoms. The minimum atomic E-state index is -3.11. The number of unbranched alkanes of at least 4 members (excludes halogenated alkanes) is 2. The first-order valence-corrected chi connectivity index (χ1v) is 9.31. The molecule has 0 amide bonds. The van der Waals surface area contributed by atoms with Gasteiger partial charge in [0.05, 0.1) is 12.1 Å². The van der Waals surface area contributed by atoms with E-state index in [1.54, 1.807) is 12.5 Å². The van der Waals surface area contributed by atoms with Gasteiger partial charge in [0.2, 0.25) is 10.0 Å². The van der Waals surface area contributed by atoms with Crippen LogP contribution in [0.25, 0.3) is 0 Å². The van der Waals surface area contributed by atoms with Crippen molar-refractivity contribution in [3.05, 3.63) is 18.7 Å². The number of aryl methyl sites for hydroxylation is 1. The second-order valence-corrected chi connectivity index (χ2v) is 7.46. The Hall–Kier alpha value is -0.920. The summed E-state index contributed by atoms with van der Waals surface area (Å²) in [7, 11) is -3.11. The van der Waals surface area contributed by atoms with Crippen molar-refractivity contribution in [2.75, 3.05) is 18.8 Å². The van der Waals surface area contributed by atoms with Crippen LogP contribution in [-0.2, 0) is 16.6 Å². The molecule has 122 valence electrons. The van der Waals surface area contributed by atoms with Gasteiger partial charge >= 0.3 is 0 Å². The predicted molar refractivity (Wildman–Crippen MR) is 85.6 cm³/mol. The predicted octanol–water partition coefficient (Wildman–Crippen LogP) is 1.36. The van der Waals surface area contributed by atoms with E-state index in [0.29, 0.717) is 19.0 Å². The third-order valence-electron chi connectivity index (χ3n) is 3.12. The van der Waals surface area contributed by atoms with Crippen LogP contribution in [0.2, 0.25) is 0 Å². The van der Waals surface area contributed by atoms with Crippen molar-refractivity contribution in [3.8, 4) is 0 Å². The lowest BCUT2D eigenvalue weighted by Gasteiger charge is -2.09. The van der Waals surface area contributed by atoms with Gasteiger partial charge in [-0.25, -0.2) is 18.1 Å². The smallest absolute Gasteiger partial charge is 0.211 e. The fourth-order valence-electron chi connectivity index (χ4n) is 1.95. The van der Waals surface area contributed by atoms with Crippen LogP contribution in [-0.4, -0.2) is 42.9 Å². The SMILES string of the molecule is CC(C)NCCCCS(=O)(=O)NCCCCn1ccnc1. The van der Waals surface area contributed by atoms with Crippen LogP contribution in [0, 0.1) is 0 Å². The molecule has 2 N–H and O–H groups in total. The number of hydrogen-bond acceptors (Lipinski definition) is 4. The van der Waals surface area contributed by atoms with Crippen molar-refractivity contribution >= 4 is 10.0 Å². The largest absolute Gasteiger partial charge is 0.337 e. The Balaban J connectivity index is 2.01. The zero-order valence-corrected chi connectivity index (χ0v) is 13.9. The molecule has 1 aromatic rings. The summed E-state index contributed by atoms with van der Waals surface area (Å²) in [5, 5.41) is 3.28. The van der Waals surface area contributed by atoms with Gasteiger partial charge in [0, 0.05) is 31.5 Å². The average Bonchev–Trinajstić information content (AvgIpc) is 2.90. The number of rotatable bonds is 12. The highest BCUT2D eigenvalue weighted by Crippen LogP contribution is 1.97. The van der Waals surface area contributed by atoms with Gasteiger partial charge in [-0.2, -0.15) is 0 Å². The molecule has 1 heterocycles. The number of sulfonamides is 1. The first kappa shape index (κ1) is 18.1. The maximum Gasteiger partial charge on any atom is 0.211 e. The minimum Gasteiger partial charge on any atom is -0.337 e. The summed E-state index contributed by atoms with van der Waals surface area (Å²) in [6.45, 7) is 6.44. The molecule has 0 fully saturated rings. The third kappa shape index (κ3) is 9.60. The van der Waals surface area contributed by atoms with Crippen LogP contribution in [0.1, 0.15) is 39.5 Å². The summed E-state index contributed by atoms with van der Waals surface area (Å²) in [5.74, 6) is 0.217. The topological polar surface area (TPSA) is 76.0 Å². The van der Waals surface area contributed by atoms with Crippen molar-refractivity contribution in [3.63, 3.8) is 0 Å². The van der Waals surface area contributed by atoms with Crippen LogP contribution in [0.4, 0.5) is 0 Å². The van der Waals surface area contributed by atoms with Gasteiger partial charge in [-0.3, -0.25) is 0 Å². The van der Waals surface area contributed by atoms with Crippen molar-refractivity contribution < 1.29 is 8.42 Å². The van der Waals surface area contributed by atoms with E-state index in [9.17, 15) is 8.42 Å². The van der Waals surface area contributed by atoms with E-state index >= 15 is 0 Å². The number of nitrogens with zero attached hydrogens (tertiary/aromatic N) is 2. The molecule has 1 aromatic heterocycles. The zero-order valence-electron chi connectivity index (χ0n) is 13.1. The zero-order chi connectivity index (χ0) is 15.6. The molecule has 0 aliphatic carbocycles. The Morgan fingerprint density at radius 1 is 1.14 bits per heavy atom. The molecule has 1 rings (SSSR count). The Morgan fingerprint density at radius 2 is 1.90 bits per heavy atom. The quantitative estimate of drug-likeness (QED) is 0.571.